The average Bonchev–Trinajstić information content (AvgIpc) is 2.39. The van der Waals surface area contributed by atoms with Gasteiger partial charge < -0.3 is 15.5 Å². The smallest absolute Gasteiger partial charge is 0.122 e. The zero-order valence-electron chi connectivity index (χ0n) is 11.0. The van der Waals surface area contributed by atoms with E-state index in [0.717, 1.165) is 18.8 Å². The lowest BCUT2D eigenvalue weighted by Gasteiger charge is -2.36. The fourth-order valence-corrected chi connectivity index (χ4v) is 2.48. The van der Waals surface area contributed by atoms with Crippen LogP contribution in [0.4, 0.5) is 5.69 Å². The van der Waals surface area contributed by atoms with Gasteiger partial charge in [0.2, 0.25) is 0 Å². The van der Waals surface area contributed by atoms with E-state index in [1.165, 1.54) is 12.8 Å². The molecule has 0 spiro atoms. The Labute approximate surface area is 114 Å². The van der Waals surface area contributed by atoms with Crippen molar-refractivity contribution in [2.24, 2.45) is 5.73 Å². The van der Waals surface area contributed by atoms with E-state index >= 15 is 0 Å². The third kappa shape index (κ3) is 2.97. The molecule has 2 N–H and O–H groups in total. The highest BCUT2D eigenvalue weighted by molar-refractivity contribution is 7.80. The Kier molecular flexibility index (Phi) is 4.14. The van der Waals surface area contributed by atoms with Crippen LogP contribution in [0.5, 0.6) is 0 Å². The Morgan fingerprint density at radius 2 is 2.06 bits per heavy atom. The van der Waals surface area contributed by atoms with Crippen LogP contribution in [0.15, 0.2) is 18.3 Å². The maximum atomic E-state index is 5.54. The van der Waals surface area contributed by atoms with Crippen molar-refractivity contribution in [2.75, 3.05) is 32.1 Å². The van der Waals surface area contributed by atoms with Crippen LogP contribution in [0.3, 0.4) is 0 Å². The van der Waals surface area contributed by atoms with E-state index in [1.807, 2.05) is 12.3 Å². The van der Waals surface area contributed by atoms with Crippen LogP contribution < -0.4 is 10.6 Å². The second-order valence-electron chi connectivity index (χ2n) is 4.95. The van der Waals surface area contributed by atoms with Gasteiger partial charge in [-0.3, -0.25) is 4.98 Å². The Morgan fingerprint density at radius 3 is 2.50 bits per heavy atom. The van der Waals surface area contributed by atoms with Crippen LogP contribution in [0.2, 0.25) is 0 Å². The summed E-state index contributed by atoms with van der Waals surface area (Å²) < 4.78 is 0. The summed E-state index contributed by atoms with van der Waals surface area (Å²) in [5, 5.41) is 0. The van der Waals surface area contributed by atoms with Crippen LogP contribution in [-0.4, -0.2) is 48.1 Å². The van der Waals surface area contributed by atoms with E-state index in [2.05, 4.69) is 34.9 Å². The van der Waals surface area contributed by atoms with Crippen molar-refractivity contribution in [1.29, 1.82) is 0 Å². The van der Waals surface area contributed by atoms with E-state index in [0.29, 0.717) is 16.7 Å². The zero-order chi connectivity index (χ0) is 13.1. The lowest BCUT2D eigenvalue weighted by atomic mass is 10.0. The van der Waals surface area contributed by atoms with E-state index in [9.17, 15) is 0 Å². The van der Waals surface area contributed by atoms with Gasteiger partial charge in [-0.15, -0.1) is 0 Å². The van der Waals surface area contributed by atoms with Crippen LogP contribution in [0, 0.1) is 0 Å². The molecule has 0 unspecified atom stereocenters. The van der Waals surface area contributed by atoms with Crippen molar-refractivity contribution in [3.8, 4) is 0 Å². The van der Waals surface area contributed by atoms with Gasteiger partial charge in [-0.1, -0.05) is 12.2 Å². The summed E-state index contributed by atoms with van der Waals surface area (Å²) in [6.45, 7) is 2.16. The second-order valence-corrected chi connectivity index (χ2v) is 5.39. The maximum Gasteiger partial charge on any atom is 0.122 e. The average molecular weight is 264 g/mol. The first-order valence-corrected chi connectivity index (χ1v) is 6.66. The highest BCUT2D eigenvalue weighted by Gasteiger charge is 2.20. The van der Waals surface area contributed by atoms with E-state index in [4.69, 9.17) is 18.0 Å². The van der Waals surface area contributed by atoms with E-state index in [1.54, 1.807) is 0 Å². The highest BCUT2D eigenvalue weighted by Crippen LogP contribution is 2.21. The Morgan fingerprint density at radius 1 is 1.39 bits per heavy atom. The van der Waals surface area contributed by atoms with Crippen LogP contribution in [-0.2, 0) is 0 Å². The minimum Gasteiger partial charge on any atom is -0.388 e. The number of pyridine rings is 1. The van der Waals surface area contributed by atoms with Gasteiger partial charge in [-0.25, -0.2) is 0 Å². The Hall–Kier alpha value is -1.20. The molecule has 0 aromatic carbocycles. The third-order valence-corrected chi connectivity index (χ3v) is 3.77. The number of rotatable bonds is 3. The van der Waals surface area contributed by atoms with Crippen molar-refractivity contribution in [3.05, 3.63) is 24.0 Å². The van der Waals surface area contributed by atoms with Crippen molar-refractivity contribution < 1.29 is 0 Å². The number of nitrogens with zero attached hydrogens (tertiary/aromatic N) is 3. The van der Waals surface area contributed by atoms with Gasteiger partial charge in [0.25, 0.3) is 0 Å². The number of nitrogens with two attached hydrogens (primary N) is 1. The molecule has 1 fully saturated rings. The molecule has 0 atom stereocenters. The molecule has 1 aromatic rings. The molecule has 0 amide bonds. The molecule has 4 nitrogen and oxygen atoms in total. The SMILES string of the molecule is CN(C)C1CCN(c2ccc(C(N)=S)nc2)CC1. The third-order valence-electron chi connectivity index (χ3n) is 3.56. The normalized spacial score (nSPS) is 17.2. The zero-order valence-corrected chi connectivity index (χ0v) is 11.8. The predicted octanol–water partition coefficient (Wildman–Crippen LogP) is 1.25. The molecular formula is C13H20N4S. The lowest BCUT2D eigenvalue weighted by Crippen LogP contribution is -2.42. The topological polar surface area (TPSA) is 45.4 Å². The minimum absolute atomic E-state index is 0.355. The maximum absolute atomic E-state index is 5.54. The van der Waals surface area contributed by atoms with Crippen molar-refractivity contribution in [1.82, 2.24) is 9.88 Å². The number of hydrogen-bond donors (Lipinski definition) is 1. The fourth-order valence-electron chi connectivity index (χ4n) is 2.36. The second kappa shape index (κ2) is 5.63. The number of thiocarbonyl (C=S) groups is 1. The molecule has 2 heterocycles. The predicted molar refractivity (Wildman–Crippen MR) is 79.0 cm³/mol. The molecular weight excluding hydrogens is 244 g/mol. The molecule has 0 saturated carbocycles. The van der Waals surface area contributed by atoms with Crippen LogP contribution in [0.25, 0.3) is 0 Å². The first-order valence-electron chi connectivity index (χ1n) is 6.25. The van der Waals surface area contributed by atoms with Crippen molar-refractivity contribution in [3.63, 3.8) is 0 Å². The largest absolute Gasteiger partial charge is 0.388 e. The summed E-state index contributed by atoms with van der Waals surface area (Å²) in [4.78, 5) is 9.33. The van der Waals surface area contributed by atoms with Gasteiger partial charge in [-0.05, 0) is 39.1 Å². The van der Waals surface area contributed by atoms with Gasteiger partial charge in [0, 0.05) is 19.1 Å². The summed E-state index contributed by atoms with van der Waals surface area (Å²) in [5.41, 5.74) is 7.39. The molecule has 0 radical (unpaired) electrons. The van der Waals surface area contributed by atoms with Crippen molar-refractivity contribution in [2.45, 2.75) is 18.9 Å². The summed E-state index contributed by atoms with van der Waals surface area (Å²) in [6.07, 6.45) is 4.26. The summed E-state index contributed by atoms with van der Waals surface area (Å²) >= 11 is 4.90. The molecule has 18 heavy (non-hydrogen) atoms. The lowest BCUT2D eigenvalue weighted by molar-refractivity contribution is 0.249. The Balaban J connectivity index is 1.99. The summed E-state index contributed by atoms with van der Waals surface area (Å²) in [7, 11) is 4.30. The van der Waals surface area contributed by atoms with E-state index in [-0.39, 0.29) is 0 Å². The van der Waals surface area contributed by atoms with Crippen LogP contribution >= 0.6 is 12.2 Å². The molecule has 0 bridgehead atoms. The first-order chi connectivity index (χ1) is 8.58. The molecule has 1 aromatic heterocycles. The van der Waals surface area contributed by atoms with Crippen LogP contribution in [0.1, 0.15) is 18.5 Å². The number of anilines is 1. The molecule has 2 rings (SSSR count). The minimum atomic E-state index is 0.355. The number of aromatic nitrogens is 1. The monoisotopic (exact) mass is 264 g/mol. The van der Waals surface area contributed by atoms with E-state index < -0.39 is 0 Å². The summed E-state index contributed by atoms with van der Waals surface area (Å²) in [6, 6.07) is 4.65. The van der Waals surface area contributed by atoms with Gasteiger partial charge >= 0.3 is 0 Å². The number of piperidine rings is 1. The fraction of sp³-hybridized carbons (Fsp3) is 0.538. The van der Waals surface area contributed by atoms with Crippen molar-refractivity contribution >= 4 is 22.9 Å². The molecule has 0 aliphatic carbocycles. The summed E-state index contributed by atoms with van der Waals surface area (Å²) in [5.74, 6) is 0. The first kappa shape index (κ1) is 13.2. The van der Waals surface area contributed by atoms with Gasteiger partial charge in [-0.2, -0.15) is 0 Å². The molecule has 1 saturated heterocycles. The Bertz CT molecular complexity index is 408. The van der Waals surface area contributed by atoms with Gasteiger partial charge in [0.1, 0.15) is 4.99 Å². The van der Waals surface area contributed by atoms with Gasteiger partial charge in [0.05, 0.1) is 17.6 Å². The number of hydrogen-bond acceptors (Lipinski definition) is 4. The molecule has 98 valence electrons. The quantitative estimate of drug-likeness (QED) is 0.832. The molecule has 1 aliphatic rings. The molecule has 5 heteroatoms. The van der Waals surface area contributed by atoms with Gasteiger partial charge in [0.15, 0.2) is 0 Å². The molecule has 1 aliphatic heterocycles. The highest BCUT2D eigenvalue weighted by atomic mass is 32.1. The standard InChI is InChI=1S/C13H20N4S/c1-16(2)10-5-7-17(8-6-10)11-3-4-12(13(14)18)15-9-11/h3-4,9-10H,5-8H2,1-2H3,(H2,14,18).